The topological polar surface area (TPSA) is 57.2 Å². The number of guanidine groups is 1. The van der Waals surface area contributed by atoms with Gasteiger partial charge in [-0.1, -0.05) is 0 Å². The van der Waals surface area contributed by atoms with E-state index in [1.165, 1.54) is 12.8 Å². The van der Waals surface area contributed by atoms with Crippen LogP contribution in [0.1, 0.15) is 39.0 Å². The number of ether oxygens (including phenoxy) is 1. The van der Waals surface area contributed by atoms with Crippen molar-refractivity contribution in [1.29, 1.82) is 0 Å². The lowest BCUT2D eigenvalue weighted by Crippen LogP contribution is -2.41. The molecule has 132 valence electrons. The van der Waals surface area contributed by atoms with Crippen LogP contribution in [-0.4, -0.2) is 74.7 Å². The lowest BCUT2D eigenvalue weighted by Gasteiger charge is -2.22. The summed E-state index contributed by atoms with van der Waals surface area (Å²) in [6.45, 7) is 7.70. The Morgan fingerprint density at radius 1 is 1.35 bits per heavy atom. The van der Waals surface area contributed by atoms with Gasteiger partial charge in [0.15, 0.2) is 5.96 Å². The highest BCUT2D eigenvalue weighted by Gasteiger charge is 2.21. The third-order valence-electron chi connectivity index (χ3n) is 4.36. The van der Waals surface area contributed by atoms with Gasteiger partial charge in [0.25, 0.3) is 0 Å². The number of nitrogens with one attached hydrogen (secondary N) is 1. The number of likely N-dealkylation sites (tertiary alicyclic amines) is 1. The molecule has 0 unspecified atom stereocenters. The first-order valence-electron chi connectivity index (χ1n) is 9.05. The van der Waals surface area contributed by atoms with Gasteiger partial charge in [-0.15, -0.1) is 0 Å². The van der Waals surface area contributed by atoms with Gasteiger partial charge in [0, 0.05) is 46.3 Å². The maximum Gasteiger partial charge on any atom is 0.224 e. The minimum atomic E-state index is 0.234. The molecule has 0 radical (unpaired) electrons. The van der Waals surface area contributed by atoms with E-state index in [1.54, 1.807) is 0 Å². The Labute approximate surface area is 140 Å². The Bertz CT molecular complexity index is 390. The van der Waals surface area contributed by atoms with E-state index in [0.29, 0.717) is 13.0 Å². The third-order valence-corrected chi connectivity index (χ3v) is 4.36. The number of hydrogen-bond donors (Lipinski definition) is 1. The number of likely N-dealkylation sites (N-methyl/N-ethyl adjacent to an activating group) is 1. The summed E-state index contributed by atoms with van der Waals surface area (Å²) >= 11 is 0. The molecule has 1 N–H and O–H groups in total. The van der Waals surface area contributed by atoms with E-state index in [1.807, 2.05) is 11.9 Å². The molecule has 0 bridgehead atoms. The van der Waals surface area contributed by atoms with Crippen LogP contribution in [0, 0.1) is 5.92 Å². The number of carbonyl (C=O) groups is 1. The second-order valence-corrected chi connectivity index (χ2v) is 6.51. The number of hydrogen-bond acceptors (Lipinski definition) is 3. The van der Waals surface area contributed by atoms with Gasteiger partial charge in [0.1, 0.15) is 0 Å². The van der Waals surface area contributed by atoms with Crippen LogP contribution in [0.5, 0.6) is 0 Å². The lowest BCUT2D eigenvalue weighted by molar-refractivity contribution is -0.129. The number of rotatable bonds is 9. The fraction of sp³-hybridized carbons (Fsp3) is 0.882. The first-order chi connectivity index (χ1) is 11.2. The maximum absolute atomic E-state index is 12.0. The first kappa shape index (κ1) is 18.0. The van der Waals surface area contributed by atoms with Crippen LogP contribution in [0.3, 0.4) is 0 Å². The fourth-order valence-electron chi connectivity index (χ4n) is 2.69. The molecule has 1 amide bonds. The summed E-state index contributed by atoms with van der Waals surface area (Å²) in [5, 5.41) is 3.28. The fourth-order valence-corrected chi connectivity index (χ4v) is 2.69. The Hall–Kier alpha value is -1.30. The van der Waals surface area contributed by atoms with E-state index >= 15 is 0 Å². The number of carbonyl (C=O) groups excluding carboxylic acids is 1. The highest BCUT2D eigenvalue weighted by molar-refractivity contribution is 5.80. The molecule has 23 heavy (non-hydrogen) atoms. The van der Waals surface area contributed by atoms with E-state index in [2.05, 4.69) is 22.1 Å². The predicted molar refractivity (Wildman–Crippen MR) is 92.6 cm³/mol. The minimum Gasteiger partial charge on any atom is -0.379 e. The second-order valence-electron chi connectivity index (χ2n) is 6.51. The maximum atomic E-state index is 12.0. The van der Waals surface area contributed by atoms with Crippen molar-refractivity contribution in [3.63, 3.8) is 0 Å². The largest absolute Gasteiger partial charge is 0.379 e. The van der Waals surface area contributed by atoms with Gasteiger partial charge in [0.2, 0.25) is 5.91 Å². The SMILES string of the molecule is CCNC(=NCCC(=O)N1CCCC1)N(C)CCOCC1CC1. The molecule has 2 aliphatic rings. The van der Waals surface area contributed by atoms with Crippen molar-refractivity contribution >= 4 is 11.9 Å². The van der Waals surface area contributed by atoms with Gasteiger partial charge in [0.05, 0.1) is 13.2 Å². The zero-order valence-corrected chi connectivity index (χ0v) is 14.7. The van der Waals surface area contributed by atoms with Crippen LogP contribution in [0.15, 0.2) is 4.99 Å². The molecular weight excluding hydrogens is 292 g/mol. The summed E-state index contributed by atoms with van der Waals surface area (Å²) in [6, 6.07) is 0. The highest BCUT2D eigenvalue weighted by Crippen LogP contribution is 2.28. The molecule has 0 atom stereocenters. The van der Waals surface area contributed by atoms with E-state index < -0.39 is 0 Å². The average molecular weight is 324 g/mol. The van der Waals surface area contributed by atoms with Crippen molar-refractivity contribution in [2.24, 2.45) is 10.9 Å². The van der Waals surface area contributed by atoms with Crippen LogP contribution in [0.2, 0.25) is 0 Å². The molecule has 0 aromatic carbocycles. The molecule has 6 heteroatoms. The summed E-state index contributed by atoms with van der Waals surface area (Å²) in [5.41, 5.74) is 0. The van der Waals surface area contributed by atoms with Crippen molar-refractivity contribution in [2.45, 2.75) is 39.0 Å². The van der Waals surface area contributed by atoms with Gasteiger partial charge in [-0.05, 0) is 38.5 Å². The van der Waals surface area contributed by atoms with Crippen molar-refractivity contribution in [3.05, 3.63) is 0 Å². The Morgan fingerprint density at radius 3 is 2.74 bits per heavy atom. The zero-order valence-electron chi connectivity index (χ0n) is 14.7. The molecule has 1 saturated heterocycles. The summed E-state index contributed by atoms with van der Waals surface area (Å²) in [6.07, 6.45) is 5.43. The standard InChI is InChI=1S/C17H32N4O2/c1-3-18-17(20(2)12-13-23-14-15-6-7-15)19-9-8-16(22)21-10-4-5-11-21/h15H,3-14H2,1-2H3,(H,18,19). The van der Waals surface area contributed by atoms with Crippen molar-refractivity contribution in [3.8, 4) is 0 Å². The van der Waals surface area contributed by atoms with Gasteiger partial charge in [-0.25, -0.2) is 0 Å². The summed E-state index contributed by atoms with van der Waals surface area (Å²) in [7, 11) is 2.02. The van der Waals surface area contributed by atoms with Crippen LogP contribution < -0.4 is 5.32 Å². The molecule has 1 saturated carbocycles. The van der Waals surface area contributed by atoms with Crippen LogP contribution in [0.25, 0.3) is 0 Å². The molecule has 1 aliphatic heterocycles. The molecular formula is C17H32N4O2. The lowest BCUT2D eigenvalue weighted by atomic mass is 10.4. The van der Waals surface area contributed by atoms with E-state index in [9.17, 15) is 4.79 Å². The Balaban J connectivity index is 1.67. The van der Waals surface area contributed by atoms with E-state index in [0.717, 1.165) is 64.1 Å². The number of amides is 1. The molecule has 0 aromatic heterocycles. The van der Waals surface area contributed by atoms with Crippen molar-refractivity contribution < 1.29 is 9.53 Å². The Kier molecular flexibility index (Phi) is 7.65. The normalized spacial score (nSPS) is 18.3. The van der Waals surface area contributed by atoms with Crippen LogP contribution in [0.4, 0.5) is 0 Å². The molecule has 2 fully saturated rings. The summed E-state index contributed by atoms with van der Waals surface area (Å²) in [5.74, 6) is 1.90. The zero-order chi connectivity index (χ0) is 16.5. The quantitative estimate of drug-likeness (QED) is 0.395. The monoisotopic (exact) mass is 324 g/mol. The molecule has 0 aromatic rings. The van der Waals surface area contributed by atoms with E-state index in [4.69, 9.17) is 4.74 Å². The van der Waals surface area contributed by atoms with Gasteiger partial charge >= 0.3 is 0 Å². The number of nitrogens with zero attached hydrogens (tertiary/aromatic N) is 3. The molecule has 0 spiro atoms. The summed E-state index contributed by atoms with van der Waals surface area (Å²) in [4.78, 5) is 20.7. The van der Waals surface area contributed by atoms with Gasteiger partial charge < -0.3 is 19.9 Å². The third kappa shape index (κ3) is 6.77. The second kappa shape index (κ2) is 9.75. The smallest absolute Gasteiger partial charge is 0.224 e. The number of aliphatic imine (C=N–C) groups is 1. The average Bonchev–Trinajstić information content (AvgIpc) is 3.20. The van der Waals surface area contributed by atoms with Gasteiger partial charge in [-0.3, -0.25) is 9.79 Å². The van der Waals surface area contributed by atoms with Crippen LogP contribution in [-0.2, 0) is 9.53 Å². The Morgan fingerprint density at radius 2 is 2.09 bits per heavy atom. The molecule has 2 rings (SSSR count). The molecule has 1 aliphatic carbocycles. The molecule has 1 heterocycles. The van der Waals surface area contributed by atoms with E-state index in [-0.39, 0.29) is 5.91 Å². The van der Waals surface area contributed by atoms with Crippen LogP contribution >= 0.6 is 0 Å². The highest BCUT2D eigenvalue weighted by atomic mass is 16.5. The van der Waals surface area contributed by atoms with Gasteiger partial charge in [-0.2, -0.15) is 0 Å². The summed E-state index contributed by atoms with van der Waals surface area (Å²) < 4.78 is 5.68. The first-order valence-corrected chi connectivity index (χ1v) is 9.05. The molecule has 6 nitrogen and oxygen atoms in total. The van der Waals surface area contributed by atoms with Crippen molar-refractivity contribution in [2.75, 3.05) is 53.0 Å². The predicted octanol–water partition coefficient (Wildman–Crippen LogP) is 1.32. The minimum absolute atomic E-state index is 0.234. The van der Waals surface area contributed by atoms with Crippen molar-refractivity contribution in [1.82, 2.24) is 15.1 Å².